The van der Waals surface area contributed by atoms with Crippen molar-refractivity contribution in [3.8, 4) is 0 Å². The summed E-state index contributed by atoms with van der Waals surface area (Å²) in [4.78, 5) is 17.4. The Labute approximate surface area is 169 Å². The van der Waals surface area contributed by atoms with Gasteiger partial charge in [0, 0.05) is 16.6 Å². The minimum atomic E-state index is -0.0951. The number of nitrogens with zero attached hydrogens (tertiary/aromatic N) is 1. The van der Waals surface area contributed by atoms with E-state index in [1.807, 2.05) is 30.5 Å². The maximum Gasteiger partial charge on any atom is 0.257 e. The van der Waals surface area contributed by atoms with Crippen molar-refractivity contribution in [2.45, 2.75) is 79.6 Å². The number of carbonyl (C=O) groups excluding carboxylic acids is 1. The van der Waals surface area contributed by atoms with Crippen LogP contribution in [0.4, 0.5) is 5.13 Å². The van der Waals surface area contributed by atoms with Crippen molar-refractivity contribution in [1.82, 2.24) is 4.98 Å². The minimum absolute atomic E-state index is 0.0951. The van der Waals surface area contributed by atoms with Gasteiger partial charge in [0.05, 0.1) is 0 Å². The fraction of sp³-hybridized carbons (Fsp3) is 0.565. The Morgan fingerprint density at radius 1 is 1.15 bits per heavy atom. The van der Waals surface area contributed by atoms with Crippen LogP contribution in [0.15, 0.2) is 30.5 Å². The number of benzene rings is 1. The predicted molar refractivity (Wildman–Crippen MR) is 119 cm³/mol. The third kappa shape index (κ3) is 9.18. The molecule has 27 heavy (non-hydrogen) atoms. The van der Waals surface area contributed by atoms with Gasteiger partial charge in [0.25, 0.3) is 5.91 Å². The first-order valence-electron chi connectivity index (χ1n) is 10.4. The Kier molecular flexibility index (Phi) is 11.7. The molecule has 0 fully saturated rings. The highest BCUT2D eigenvalue weighted by molar-refractivity contribution is 7.15. The number of aromatic nitrogens is 1. The Morgan fingerprint density at radius 2 is 1.93 bits per heavy atom. The SMILES string of the molecule is CCCCCC(C)CC.CCc1cccc(C(=O)Nc2ncc(CC)s2)c1. The molecule has 0 saturated heterocycles. The molecule has 1 aromatic heterocycles. The molecule has 1 amide bonds. The van der Waals surface area contributed by atoms with Gasteiger partial charge in [-0.05, 0) is 36.5 Å². The van der Waals surface area contributed by atoms with Crippen molar-refractivity contribution in [3.63, 3.8) is 0 Å². The monoisotopic (exact) mass is 388 g/mol. The standard InChI is InChI=1S/C14H16N2OS.C9H20/c1-3-10-6-5-7-11(8-10)13(17)16-14-15-9-12(4-2)18-14;1-4-6-7-8-9(3)5-2/h5-9H,3-4H2,1-2H3,(H,15,16,17);9H,4-8H2,1-3H3. The van der Waals surface area contributed by atoms with E-state index in [0.717, 1.165) is 24.3 Å². The zero-order valence-corrected chi connectivity index (χ0v) is 18.5. The van der Waals surface area contributed by atoms with Crippen LogP contribution in [0.2, 0.25) is 0 Å². The van der Waals surface area contributed by atoms with Gasteiger partial charge in [-0.1, -0.05) is 78.9 Å². The van der Waals surface area contributed by atoms with Crippen molar-refractivity contribution in [2.24, 2.45) is 5.92 Å². The van der Waals surface area contributed by atoms with E-state index < -0.39 is 0 Å². The molecule has 1 N–H and O–H groups in total. The molecule has 0 bridgehead atoms. The second-order valence-corrected chi connectivity index (χ2v) is 8.12. The van der Waals surface area contributed by atoms with Crippen LogP contribution < -0.4 is 5.32 Å². The summed E-state index contributed by atoms with van der Waals surface area (Å²) in [7, 11) is 0. The second kappa shape index (κ2) is 13.5. The summed E-state index contributed by atoms with van der Waals surface area (Å²) in [5, 5.41) is 3.50. The number of unbranched alkanes of at least 4 members (excludes halogenated alkanes) is 2. The van der Waals surface area contributed by atoms with E-state index in [2.05, 4.69) is 44.9 Å². The van der Waals surface area contributed by atoms with Gasteiger partial charge in [0.1, 0.15) is 0 Å². The first-order valence-corrected chi connectivity index (χ1v) is 11.2. The molecule has 2 aromatic rings. The molecule has 1 aromatic carbocycles. The molecular formula is C23H36N2OS. The fourth-order valence-corrected chi connectivity index (χ4v) is 3.32. The van der Waals surface area contributed by atoms with Crippen molar-refractivity contribution < 1.29 is 4.79 Å². The normalized spacial score (nSPS) is 11.4. The zero-order valence-electron chi connectivity index (χ0n) is 17.7. The highest BCUT2D eigenvalue weighted by atomic mass is 32.1. The Bertz CT molecular complexity index is 666. The molecule has 0 aliphatic rings. The van der Waals surface area contributed by atoms with Crippen LogP contribution in [0.1, 0.15) is 87.5 Å². The number of thiazole rings is 1. The second-order valence-electron chi connectivity index (χ2n) is 7.00. The summed E-state index contributed by atoms with van der Waals surface area (Å²) in [6.07, 6.45) is 10.7. The summed E-state index contributed by atoms with van der Waals surface area (Å²) in [6, 6.07) is 7.68. The number of carbonyl (C=O) groups is 1. The third-order valence-corrected chi connectivity index (χ3v) is 5.77. The van der Waals surface area contributed by atoms with E-state index in [0.29, 0.717) is 10.7 Å². The van der Waals surface area contributed by atoms with E-state index in [1.165, 1.54) is 48.3 Å². The minimum Gasteiger partial charge on any atom is -0.298 e. The Morgan fingerprint density at radius 3 is 2.52 bits per heavy atom. The molecule has 0 spiro atoms. The van der Waals surface area contributed by atoms with Crippen molar-refractivity contribution in [3.05, 3.63) is 46.5 Å². The molecule has 3 nitrogen and oxygen atoms in total. The smallest absolute Gasteiger partial charge is 0.257 e. The van der Waals surface area contributed by atoms with Crippen molar-refractivity contribution >= 4 is 22.4 Å². The molecule has 4 heteroatoms. The van der Waals surface area contributed by atoms with Crippen LogP contribution in [-0.4, -0.2) is 10.9 Å². The number of hydrogen-bond donors (Lipinski definition) is 1. The first kappa shape index (κ1) is 23.4. The van der Waals surface area contributed by atoms with Crippen molar-refractivity contribution in [2.75, 3.05) is 5.32 Å². The van der Waals surface area contributed by atoms with Crippen LogP contribution in [0, 0.1) is 5.92 Å². The van der Waals surface area contributed by atoms with Gasteiger partial charge < -0.3 is 0 Å². The zero-order chi connectivity index (χ0) is 20.1. The quantitative estimate of drug-likeness (QED) is 0.464. The number of rotatable bonds is 9. The van der Waals surface area contributed by atoms with Gasteiger partial charge in [-0.3, -0.25) is 10.1 Å². The van der Waals surface area contributed by atoms with Crippen LogP contribution in [0.5, 0.6) is 0 Å². The summed E-state index contributed by atoms with van der Waals surface area (Å²) < 4.78 is 0. The molecule has 0 radical (unpaired) electrons. The molecule has 1 unspecified atom stereocenters. The highest BCUT2D eigenvalue weighted by Gasteiger charge is 2.08. The fourth-order valence-electron chi connectivity index (χ4n) is 2.58. The van der Waals surface area contributed by atoms with Gasteiger partial charge in [0.15, 0.2) is 5.13 Å². The molecule has 1 heterocycles. The van der Waals surface area contributed by atoms with E-state index in [4.69, 9.17) is 0 Å². The topological polar surface area (TPSA) is 42.0 Å². The van der Waals surface area contributed by atoms with E-state index in [-0.39, 0.29) is 5.91 Å². The lowest BCUT2D eigenvalue weighted by Crippen LogP contribution is -2.11. The van der Waals surface area contributed by atoms with Crippen LogP contribution in [-0.2, 0) is 12.8 Å². The van der Waals surface area contributed by atoms with Gasteiger partial charge in [-0.25, -0.2) is 4.98 Å². The maximum atomic E-state index is 12.0. The van der Waals surface area contributed by atoms with E-state index >= 15 is 0 Å². The third-order valence-electron chi connectivity index (χ3n) is 4.72. The predicted octanol–water partition coefficient (Wildman–Crippen LogP) is 7.13. The van der Waals surface area contributed by atoms with E-state index in [9.17, 15) is 4.79 Å². The summed E-state index contributed by atoms with van der Waals surface area (Å²) in [5.41, 5.74) is 1.85. The number of nitrogens with one attached hydrogen (secondary N) is 1. The summed E-state index contributed by atoms with van der Waals surface area (Å²) >= 11 is 1.52. The van der Waals surface area contributed by atoms with Gasteiger partial charge in [0.2, 0.25) is 0 Å². The lowest BCUT2D eigenvalue weighted by Gasteiger charge is -2.05. The van der Waals surface area contributed by atoms with E-state index in [1.54, 1.807) is 0 Å². The molecular weight excluding hydrogens is 352 g/mol. The average molecular weight is 389 g/mol. The largest absolute Gasteiger partial charge is 0.298 e. The highest BCUT2D eigenvalue weighted by Crippen LogP contribution is 2.19. The van der Waals surface area contributed by atoms with Crippen LogP contribution >= 0.6 is 11.3 Å². The maximum absolute atomic E-state index is 12.0. The Balaban J connectivity index is 0.000000345. The summed E-state index contributed by atoms with van der Waals surface area (Å²) in [5.74, 6) is 0.860. The lowest BCUT2D eigenvalue weighted by molar-refractivity contribution is 0.102. The number of amides is 1. The molecule has 2 rings (SSSR count). The molecule has 0 saturated carbocycles. The number of hydrogen-bond acceptors (Lipinski definition) is 3. The number of aryl methyl sites for hydroxylation is 2. The Hall–Kier alpha value is -1.68. The van der Waals surface area contributed by atoms with Gasteiger partial charge >= 0.3 is 0 Å². The van der Waals surface area contributed by atoms with Crippen LogP contribution in [0.25, 0.3) is 0 Å². The molecule has 0 aliphatic carbocycles. The summed E-state index contributed by atoms with van der Waals surface area (Å²) in [6.45, 7) is 11.0. The molecule has 150 valence electrons. The average Bonchev–Trinajstić information content (AvgIpc) is 3.16. The van der Waals surface area contributed by atoms with Gasteiger partial charge in [-0.15, -0.1) is 11.3 Å². The van der Waals surface area contributed by atoms with Crippen LogP contribution in [0.3, 0.4) is 0 Å². The first-order chi connectivity index (χ1) is 13.0. The number of anilines is 1. The molecule has 1 atom stereocenters. The lowest BCUT2D eigenvalue weighted by atomic mass is 10.0. The van der Waals surface area contributed by atoms with Crippen molar-refractivity contribution in [1.29, 1.82) is 0 Å². The van der Waals surface area contributed by atoms with Gasteiger partial charge in [-0.2, -0.15) is 0 Å². The molecule has 0 aliphatic heterocycles.